The summed E-state index contributed by atoms with van der Waals surface area (Å²) in [7, 11) is 0. The summed E-state index contributed by atoms with van der Waals surface area (Å²) in [5.41, 5.74) is 3.61. The largest absolute Gasteiger partial charge is 0.261 e. The minimum absolute atomic E-state index is 0.229. The first-order valence-corrected chi connectivity index (χ1v) is 7.14. The first kappa shape index (κ1) is 11.0. The van der Waals surface area contributed by atoms with Crippen LogP contribution in [0.3, 0.4) is 0 Å². The van der Waals surface area contributed by atoms with Gasteiger partial charge in [-0.2, -0.15) is 5.10 Å². The van der Waals surface area contributed by atoms with Crippen LogP contribution in [0.15, 0.2) is 16.2 Å². The van der Waals surface area contributed by atoms with Gasteiger partial charge < -0.3 is 0 Å². The van der Waals surface area contributed by atoms with E-state index in [0.29, 0.717) is 12.0 Å². The molecule has 1 aliphatic heterocycles. The SMILES string of the molecule is CSC1=NC2c3cnn(C(C)C)c3C(=N1)[C@@H]2C. The molecule has 0 saturated carbocycles. The highest BCUT2D eigenvalue weighted by atomic mass is 32.2. The fourth-order valence-electron chi connectivity index (χ4n) is 2.57. The predicted molar refractivity (Wildman–Crippen MR) is 72.0 cm³/mol. The molecule has 1 unspecified atom stereocenters. The highest BCUT2D eigenvalue weighted by molar-refractivity contribution is 8.13. The van der Waals surface area contributed by atoms with Gasteiger partial charge in [-0.05, 0) is 20.1 Å². The zero-order chi connectivity index (χ0) is 12.2. The van der Waals surface area contributed by atoms with Crippen molar-refractivity contribution in [3.63, 3.8) is 0 Å². The molecule has 90 valence electrons. The van der Waals surface area contributed by atoms with Crippen LogP contribution in [0, 0.1) is 5.92 Å². The second-order valence-electron chi connectivity index (χ2n) is 4.83. The van der Waals surface area contributed by atoms with Crippen LogP contribution in [-0.4, -0.2) is 26.9 Å². The number of hydrogen-bond donors (Lipinski definition) is 0. The number of fused-ring (bicyclic) bond motifs is 5. The van der Waals surface area contributed by atoms with Gasteiger partial charge in [0.25, 0.3) is 0 Å². The molecule has 4 nitrogen and oxygen atoms in total. The van der Waals surface area contributed by atoms with Gasteiger partial charge in [0.2, 0.25) is 0 Å². The van der Waals surface area contributed by atoms with Crippen molar-refractivity contribution >= 4 is 22.6 Å². The summed E-state index contributed by atoms with van der Waals surface area (Å²) in [4.78, 5) is 9.36. The van der Waals surface area contributed by atoms with E-state index in [1.807, 2.05) is 12.5 Å². The van der Waals surface area contributed by atoms with Crippen molar-refractivity contribution in [2.24, 2.45) is 15.9 Å². The molecule has 0 spiro atoms. The Bertz CT molecular complexity index is 527. The quantitative estimate of drug-likeness (QED) is 0.767. The summed E-state index contributed by atoms with van der Waals surface area (Å²) >= 11 is 1.62. The number of aliphatic imine (C=N–C) groups is 2. The van der Waals surface area contributed by atoms with E-state index in [0.717, 1.165) is 10.9 Å². The van der Waals surface area contributed by atoms with Crippen molar-refractivity contribution < 1.29 is 0 Å². The fourth-order valence-corrected chi connectivity index (χ4v) is 2.98. The maximum atomic E-state index is 4.69. The summed E-state index contributed by atoms with van der Waals surface area (Å²) in [6.07, 6.45) is 3.99. The summed E-state index contributed by atoms with van der Waals surface area (Å²) in [5, 5.41) is 5.36. The van der Waals surface area contributed by atoms with E-state index in [1.54, 1.807) is 11.8 Å². The van der Waals surface area contributed by atoms with Crippen LogP contribution in [0.2, 0.25) is 0 Å². The Morgan fingerprint density at radius 1 is 1.41 bits per heavy atom. The Morgan fingerprint density at radius 2 is 2.18 bits per heavy atom. The molecule has 1 aliphatic carbocycles. The van der Waals surface area contributed by atoms with E-state index in [4.69, 9.17) is 4.99 Å². The predicted octanol–water partition coefficient (Wildman–Crippen LogP) is 2.68. The Morgan fingerprint density at radius 3 is 2.82 bits per heavy atom. The van der Waals surface area contributed by atoms with E-state index in [1.165, 1.54) is 11.3 Å². The van der Waals surface area contributed by atoms with Gasteiger partial charge >= 0.3 is 0 Å². The first-order valence-electron chi connectivity index (χ1n) is 5.91. The number of thioether (sulfide) groups is 1. The molecule has 5 heteroatoms. The summed E-state index contributed by atoms with van der Waals surface area (Å²) in [5.74, 6) is 0.392. The van der Waals surface area contributed by atoms with Crippen LogP contribution in [0.1, 0.15) is 44.1 Å². The lowest BCUT2D eigenvalue weighted by Crippen LogP contribution is -2.20. The molecule has 2 atom stereocenters. The van der Waals surface area contributed by atoms with Gasteiger partial charge in [0.15, 0.2) is 5.17 Å². The number of amidine groups is 1. The van der Waals surface area contributed by atoms with Crippen LogP contribution in [-0.2, 0) is 0 Å². The molecule has 17 heavy (non-hydrogen) atoms. The van der Waals surface area contributed by atoms with E-state index >= 15 is 0 Å². The third-order valence-electron chi connectivity index (χ3n) is 3.43. The average Bonchev–Trinajstić information content (AvgIpc) is 2.77. The first-order chi connectivity index (χ1) is 8.13. The van der Waals surface area contributed by atoms with Crippen molar-refractivity contribution in [2.75, 3.05) is 6.26 Å². The van der Waals surface area contributed by atoms with Gasteiger partial charge in [0, 0.05) is 17.5 Å². The Balaban J connectivity index is 2.17. The Labute approximate surface area is 105 Å². The molecule has 0 N–H and O–H groups in total. The molecule has 0 radical (unpaired) electrons. The van der Waals surface area contributed by atoms with Gasteiger partial charge in [-0.1, -0.05) is 18.7 Å². The van der Waals surface area contributed by atoms with E-state index in [9.17, 15) is 0 Å². The average molecular weight is 248 g/mol. The van der Waals surface area contributed by atoms with E-state index in [2.05, 4.69) is 35.5 Å². The van der Waals surface area contributed by atoms with Crippen molar-refractivity contribution in [2.45, 2.75) is 32.9 Å². The number of rotatable bonds is 1. The minimum atomic E-state index is 0.229. The summed E-state index contributed by atoms with van der Waals surface area (Å²) in [6.45, 7) is 6.50. The zero-order valence-corrected chi connectivity index (χ0v) is 11.3. The van der Waals surface area contributed by atoms with Crippen molar-refractivity contribution in [3.05, 3.63) is 17.5 Å². The highest BCUT2D eigenvalue weighted by Gasteiger charge is 2.41. The Kier molecular flexibility index (Phi) is 2.40. The molecular weight excluding hydrogens is 232 g/mol. The molecule has 3 rings (SSSR count). The number of aromatic nitrogens is 2. The standard InChI is InChI=1S/C12H16N4S/c1-6(2)16-11-8(5-13-16)9-7(3)10(11)15-12(14-9)17-4/h5-7,9H,1-4H3/t7-,9?/m1/s1. The van der Waals surface area contributed by atoms with Crippen LogP contribution in [0.25, 0.3) is 0 Å². The molecule has 0 fully saturated rings. The van der Waals surface area contributed by atoms with Gasteiger partial charge in [0.05, 0.1) is 23.6 Å². The Hall–Kier alpha value is -1.10. The van der Waals surface area contributed by atoms with Crippen molar-refractivity contribution in [1.82, 2.24) is 9.78 Å². The minimum Gasteiger partial charge on any atom is -0.261 e. The van der Waals surface area contributed by atoms with Crippen LogP contribution in [0.5, 0.6) is 0 Å². The van der Waals surface area contributed by atoms with Gasteiger partial charge in [-0.25, -0.2) is 4.99 Å². The second kappa shape index (κ2) is 3.70. The van der Waals surface area contributed by atoms with Crippen LogP contribution < -0.4 is 0 Å². The molecule has 2 aliphatic rings. The lowest BCUT2D eigenvalue weighted by atomic mass is 10.0. The molecule has 2 bridgehead atoms. The third-order valence-corrected chi connectivity index (χ3v) is 3.99. The molecular formula is C12H16N4S. The van der Waals surface area contributed by atoms with Gasteiger partial charge in [-0.15, -0.1) is 0 Å². The van der Waals surface area contributed by atoms with Crippen molar-refractivity contribution in [3.8, 4) is 0 Å². The molecule has 0 saturated heterocycles. The normalized spacial score (nSPS) is 25.9. The zero-order valence-electron chi connectivity index (χ0n) is 10.5. The van der Waals surface area contributed by atoms with Crippen molar-refractivity contribution in [1.29, 1.82) is 0 Å². The lowest BCUT2D eigenvalue weighted by Gasteiger charge is -2.18. The van der Waals surface area contributed by atoms with Gasteiger partial charge in [-0.3, -0.25) is 9.67 Å². The molecule has 0 amide bonds. The fraction of sp³-hybridized carbons (Fsp3) is 0.583. The molecule has 1 aromatic heterocycles. The number of hydrogen-bond acceptors (Lipinski definition) is 4. The number of nitrogens with zero attached hydrogens (tertiary/aromatic N) is 4. The topological polar surface area (TPSA) is 42.5 Å². The van der Waals surface area contributed by atoms with E-state index in [-0.39, 0.29) is 6.04 Å². The molecule has 0 aromatic carbocycles. The maximum Gasteiger partial charge on any atom is 0.183 e. The van der Waals surface area contributed by atoms with Crippen LogP contribution in [0.4, 0.5) is 0 Å². The third kappa shape index (κ3) is 1.41. The summed E-state index contributed by atoms with van der Waals surface area (Å²) in [6, 6.07) is 0.596. The van der Waals surface area contributed by atoms with Crippen LogP contribution >= 0.6 is 11.8 Å². The monoisotopic (exact) mass is 248 g/mol. The smallest absolute Gasteiger partial charge is 0.183 e. The lowest BCUT2D eigenvalue weighted by molar-refractivity contribution is 0.527. The second-order valence-corrected chi connectivity index (χ2v) is 5.61. The molecule has 2 heterocycles. The molecule has 1 aromatic rings. The van der Waals surface area contributed by atoms with Gasteiger partial charge in [0.1, 0.15) is 0 Å². The maximum absolute atomic E-state index is 4.69. The van der Waals surface area contributed by atoms with E-state index < -0.39 is 0 Å². The highest BCUT2D eigenvalue weighted by Crippen LogP contribution is 2.43. The summed E-state index contributed by atoms with van der Waals surface area (Å²) < 4.78 is 2.07.